The largest absolute Gasteiger partial charge is 0.433 e. The van der Waals surface area contributed by atoms with Gasteiger partial charge >= 0.3 is 11.9 Å². The lowest BCUT2D eigenvalue weighted by Gasteiger charge is -2.11. The molecule has 0 aromatic carbocycles. The number of anilines is 1. The molecule has 0 atom stereocenters. The molecule has 0 bridgehead atoms. The van der Waals surface area contributed by atoms with Crippen molar-refractivity contribution >= 4 is 11.5 Å². The molecular weight excluding hydrogens is 253 g/mol. The topological polar surface area (TPSA) is 82.0 Å². The van der Waals surface area contributed by atoms with Gasteiger partial charge in [0.05, 0.1) is 10.5 Å². The van der Waals surface area contributed by atoms with Crippen LogP contribution in [0.5, 0.6) is 0 Å². The fourth-order valence-corrected chi connectivity index (χ4v) is 1.07. The molecular formula is C7H4F5N3O2. The Morgan fingerprint density at radius 2 is 1.94 bits per heavy atom. The van der Waals surface area contributed by atoms with Gasteiger partial charge in [0, 0.05) is 6.07 Å². The molecule has 0 spiro atoms. The monoisotopic (exact) mass is 257 g/mol. The molecule has 0 aliphatic heterocycles. The summed E-state index contributed by atoms with van der Waals surface area (Å²) in [6, 6.07) is 0.0792. The Bertz CT molecular complexity index is 460. The molecule has 0 fully saturated rings. The van der Waals surface area contributed by atoms with Crippen LogP contribution in [-0.2, 0) is 6.18 Å². The maximum atomic E-state index is 12.3. The van der Waals surface area contributed by atoms with Crippen LogP contribution >= 0.6 is 0 Å². The zero-order chi connectivity index (χ0) is 13.4. The van der Waals surface area contributed by atoms with Gasteiger partial charge in [-0.1, -0.05) is 0 Å². The second kappa shape index (κ2) is 4.11. The lowest BCUT2D eigenvalue weighted by atomic mass is 10.1. The number of rotatable bonds is 2. The van der Waals surface area contributed by atoms with Gasteiger partial charge in [-0.15, -0.1) is 0 Å². The molecule has 1 aromatic rings. The first kappa shape index (κ1) is 13.1. The van der Waals surface area contributed by atoms with Gasteiger partial charge in [-0.3, -0.25) is 10.1 Å². The van der Waals surface area contributed by atoms with E-state index >= 15 is 0 Å². The van der Waals surface area contributed by atoms with Gasteiger partial charge in [0.25, 0.3) is 6.43 Å². The number of nitrogens with two attached hydrogens (primary N) is 1. The lowest BCUT2D eigenvalue weighted by molar-refractivity contribution is -0.384. The summed E-state index contributed by atoms with van der Waals surface area (Å²) in [5.41, 5.74) is 0.309. The Hall–Kier alpha value is -2.00. The summed E-state index contributed by atoms with van der Waals surface area (Å²) in [4.78, 5) is 11.7. The number of alkyl halides is 5. The van der Waals surface area contributed by atoms with E-state index in [0.29, 0.717) is 0 Å². The SMILES string of the molecule is Nc1nc(C(F)(F)F)c(C(F)F)cc1[N+](=O)[O-]. The third-order valence-corrected chi connectivity index (χ3v) is 1.76. The first-order valence-electron chi connectivity index (χ1n) is 3.94. The van der Waals surface area contributed by atoms with Crippen molar-refractivity contribution in [3.8, 4) is 0 Å². The highest BCUT2D eigenvalue weighted by Gasteiger charge is 2.39. The molecule has 1 rings (SSSR count). The van der Waals surface area contributed by atoms with Crippen LogP contribution in [0.4, 0.5) is 33.5 Å². The average Bonchev–Trinajstić information content (AvgIpc) is 2.14. The first-order valence-corrected chi connectivity index (χ1v) is 3.94. The standard InChI is InChI=1S/C7H4F5N3O2/c8-5(9)2-1-3(15(16)17)6(13)14-4(2)7(10,11)12/h1,5H,(H2,13,14). The fourth-order valence-electron chi connectivity index (χ4n) is 1.07. The van der Waals surface area contributed by atoms with Crippen molar-refractivity contribution in [3.63, 3.8) is 0 Å². The number of aromatic nitrogens is 1. The van der Waals surface area contributed by atoms with Crippen LogP contribution in [0.25, 0.3) is 0 Å². The minimum atomic E-state index is -5.16. The minimum absolute atomic E-state index is 0.0792. The highest BCUT2D eigenvalue weighted by molar-refractivity contribution is 5.55. The van der Waals surface area contributed by atoms with Crippen LogP contribution < -0.4 is 5.73 Å². The summed E-state index contributed by atoms with van der Waals surface area (Å²) in [5, 5.41) is 10.3. The second-order valence-corrected chi connectivity index (χ2v) is 2.89. The van der Waals surface area contributed by atoms with E-state index < -0.39 is 40.3 Å². The van der Waals surface area contributed by atoms with Crippen LogP contribution in [0.1, 0.15) is 17.7 Å². The number of halogens is 5. The van der Waals surface area contributed by atoms with E-state index in [9.17, 15) is 32.1 Å². The zero-order valence-corrected chi connectivity index (χ0v) is 7.83. The Kier molecular flexibility index (Phi) is 3.16. The van der Waals surface area contributed by atoms with Gasteiger partial charge in [0.1, 0.15) is 0 Å². The maximum absolute atomic E-state index is 12.3. The number of hydrogen-bond acceptors (Lipinski definition) is 4. The Morgan fingerprint density at radius 1 is 1.41 bits per heavy atom. The summed E-state index contributed by atoms with van der Waals surface area (Å²) < 4.78 is 61.6. The highest BCUT2D eigenvalue weighted by atomic mass is 19.4. The van der Waals surface area contributed by atoms with Gasteiger partial charge in [0.15, 0.2) is 5.69 Å². The molecule has 0 saturated heterocycles. The van der Waals surface area contributed by atoms with Crippen molar-refractivity contribution < 1.29 is 26.9 Å². The molecule has 0 amide bonds. The maximum Gasteiger partial charge on any atom is 0.433 e. The van der Waals surface area contributed by atoms with E-state index in [1.807, 2.05) is 0 Å². The van der Waals surface area contributed by atoms with Crippen LogP contribution in [-0.4, -0.2) is 9.91 Å². The van der Waals surface area contributed by atoms with Crippen molar-refractivity contribution in [2.75, 3.05) is 5.73 Å². The molecule has 94 valence electrons. The molecule has 0 unspecified atom stereocenters. The van der Waals surface area contributed by atoms with Crippen LogP contribution in [0.2, 0.25) is 0 Å². The first-order chi connectivity index (χ1) is 7.64. The van der Waals surface area contributed by atoms with E-state index in [1.165, 1.54) is 0 Å². The Labute approximate surface area is 90.2 Å². The summed E-state index contributed by atoms with van der Waals surface area (Å²) in [5.74, 6) is -1.06. The average molecular weight is 257 g/mol. The highest BCUT2D eigenvalue weighted by Crippen LogP contribution is 2.38. The van der Waals surface area contributed by atoms with Crippen molar-refractivity contribution in [2.24, 2.45) is 0 Å². The number of pyridine rings is 1. The normalized spacial score (nSPS) is 11.9. The zero-order valence-electron chi connectivity index (χ0n) is 7.83. The lowest BCUT2D eigenvalue weighted by Crippen LogP contribution is -2.15. The Balaban J connectivity index is 3.53. The van der Waals surface area contributed by atoms with E-state index in [-0.39, 0.29) is 6.07 Å². The molecule has 17 heavy (non-hydrogen) atoms. The van der Waals surface area contributed by atoms with Gasteiger partial charge in [-0.2, -0.15) is 13.2 Å². The van der Waals surface area contributed by atoms with E-state index in [1.54, 1.807) is 0 Å². The number of nitrogens with zero attached hydrogens (tertiary/aromatic N) is 2. The molecule has 0 aliphatic rings. The minimum Gasteiger partial charge on any atom is -0.378 e. The van der Waals surface area contributed by atoms with Crippen molar-refractivity contribution in [1.82, 2.24) is 4.98 Å². The number of nitrogen functional groups attached to an aromatic ring is 1. The molecule has 1 aromatic heterocycles. The van der Waals surface area contributed by atoms with Crippen molar-refractivity contribution in [2.45, 2.75) is 12.6 Å². The number of nitro groups is 1. The summed E-state index contributed by atoms with van der Waals surface area (Å²) in [7, 11) is 0. The quantitative estimate of drug-likeness (QED) is 0.501. The van der Waals surface area contributed by atoms with Crippen LogP contribution in [0.3, 0.4) is 0 Å². The van der Waals surface area contributed by atoms with Gasteiger partial charge in [-0.25, -0.2) is 13.8 Å². The smallest absolute Gasteiger partial charge is 0.378 e. The van der Waals surface area contributed by atoms with Crippen LogP contribution in [0, 0.1) is 10.1 Å². The molecule has 5 nitrogen and oxygen atoms in total. The molecule has 0 radical (unpaired) electrons. The van der Waals surface area contributed by atoms with Gasteiger partial charge in [0.2, 0.25) is 5.82 Å². The Morgan fingerprint density at radius 3 is 2.29 bits per heavy atom. The molecule has 10 heteroatoms. The third-order valence-electron chi connectivity index (χ3n) is 1.76. The van der Waals surface area contributed by atoms with E-state index in [4.69, 9.17) is 5.73 Å². The predicted octanol–water partition coefficient (Wildman–Crippen LogP) is 2.53. The summed E-state index contributed by atoms with van der Waals surface area (Å²) >= 11 is 0. The van der Waals surface area contributed by atoms with Crippen molar-refractivity contribution in [1.29, 1.82) is 0 Å². The summed E-state index contributed by atoms with van der Waals surface area (Å²) in [6.45, 7) is 0. The number of hydrogen-bond donors (Lipinski definition) is 1. The van der Waals surface area contributed by atoms with Crippen LogP contribution in [0.15, 0.2) is 6.07 Å². The fraction of sp³-hybridized carbons (Fsp3) is 0.286. The molecule has 2 N–H and O–H groups in total. The third kappa shape index (κ3) is 2.57. The predicted molar refractivity (Wildman–Crippen MR) is 45.3 cm³/mol. The molecule has 0 saturated carbocycles. The van der Waals surface area contributed by atoms with Gasteiger partial charge < -0.3 is 5.73 Å². The summed E-state index contributed by atoms with van der Waals surface area (Å²) in [6.07, 6.45) is -8.70. The van der Waals surface area contributed by atoms with Gasteiger partial charge in [-0.05, 0) is 0 Å². The molecule has 1 heterocycles. The molecule has 0 aliphatic carbocycles. The van der Waals surface area contributed by atoms with E-state index in [2.05, 4.69) is 4.98 Å². The van der Waals surface area contributed by atoms with E-state index in [0.717, 1.165) is 0 Å². The second-order valence-electron chi connectivity index (χ2n) is 2.89. The van der Waals surface area contributed by atoms with Crippen molar-refractivity contribution in [3.05, 3.63) is 27.4 Å².